The number of nitrogens with one attached hydrogen (secondary N) is 1. The van der Waals surface area contributed by atoms with Gasteiger partial charge in [0.2, 0.25) is 10.0 Å². The summed E-state index contributed by atoms with van der Waals surface area (Å²) in [4.78, 5) is 2.56. The van der Waals surface area contributed by atoms with Gasteiger partial charge in [-0.3, -0.25) is 4.90 Å². The number of benzene rings is 1. The van der Waals surface area contributed by atoms with Crippen LogP contribution in [0.15, 0.2) is 18.2 Å². The fraction of sp³-hybridized carbons (Fsp3) is 0.700. The van der Waals surface area contributed by atoms with Crippen LogP contribution < -0.4 is 9.86 Å². The van der Waals surface area contributed by atoms with Gasteiger partial charge in [0.1, 0.15) is 0 Å². The number of fused-ring (bicyclic) bond motifs is 4. The normalized spacial score (nSPS) is 27.9. The molecular weight excluding hydrogens is 424 g/mol. The van der Waals surface area contributed by atoms with Crippen molar-refractivity contribution in [3.63, 3.8) is 0 Å². The number of hydrogen-bond acceptors (Lipinski definition) is 5. The largest absolute Gasteiger partial charge is 0.296 e. The zero-order chi connectivity index (χ0) is 21.5. The topological polar surface area (TPSA) is 113 Å². The molecule has 3 aliphatic heterocycles. The Morgan fingerprint density at radius 2 is 2.00 bits per heavy atom. The molecule has 2 fully saturated rings. The third-order valence-corrected chi connectivity index (χ3v) is 9.48. The summed E-state index contributed by atoms with van der Waals surface area (Å²) in [5.74, 6) is 0.292. The first-order valence-corrected chi connectivity index (χ1v) is 13.9. The summed E-state index contributed by atoms with van der Waals surface area (Å²) in [5.41, 5.74) is 4.08. The molecule has 30 heavy (non-hydrogen) atoms. The monoisotopic (exact) mass is 456 g/mol. The Hall–Kier alpha value is -1.04. The lowest BCUT2D eigenvalue weighted by molar-refractivity contribution is 0.0217. The lowest BCUT2D eigenvalue weighted by Crippen LogP contribution is -2.57. The van der Waals surface area contributed by atoms with Crippen molar-refractivity contribution < 1.29 is 16.8 Å². The molecule has 4 rings (SSSR count). The Bertz CT molecular complexity index is 996. The van der Waals surface area contributed by atoms with E-state index in [0.29, 0.717) is 12.5 Å². The molecule has 3 heterocycles. The molecule has 0 aromatic heterocycles. The lowest BCUT2D eigenvalue weighted by atomic mass is 9.76. The second-order valence-electron chi connectivity index (χ2n) is 8.83. The maximum Gasteiger partial charge on any atom is 0.274 e. The van der Waals surface area contributed by atoms with Crippen molar-refractivity contribution in [2.75, 3.05) is 31.9 Å². The average molecular weight is 457 g/mol. The highest BCUT2D eigenvalue weighted by molar-refractivity contribution is 7.89. The van der Waals surface area contributed by atoms with Crippen molar-refractivity contribution in [3.05, 3.63) is 34.9 Å². The summed E-state index contributed by atoms with van der Waals surface area (Å²) in [6.07, 6.45) is 4.04. The Labute approximate surface area is 180 Å². The summed E-state index contributed by atoms with van der Waals surface area (Å²) < 4.78 is 52.2. The van der Waals surface area contributed by atoms with Gasteiger partial charge in [0.15, 0.2) is 0 Å². The molecule has 0 amide bonds. The van der Waals surface area contributed by atoms with E-state index in [4.69, 9.17) is 5.14 Å². The fourth-order valence-corrected chi connectivity index (χ4v) is 7.86. The van der Waals surface area contributed by atoms with Gasteiger partial charge in [0, 0.05) is 38.3 Å². The fourth-order valence-electron chi connectivity index (χ4n) is 5.61. The second kappa shape index (κ2) is 8.48. The molecule has 3 aliphatic rings. The minimum Gasteiger partial charge on any atom is -0.296 e. The molecule has 1 aromatic carbocycles. The standard InChI is InChI=1S/C20H32N4O4S2/c1-15-5-2-6-16-8-11-23-14-17-7-3-10-24(18(17)13-19(23)20(15)16)29(25,26)12-4-9-22-30(21,27)28/h2,5-6,17-19,22H,3-4,7-14H2,1H3,(H2,21,27,28)/t17-,18+,19+/m1/s1. The Balaban J connectivity index is 1.51. The highest BCUT2D eigenvalue weighted by atomic mass is 32.2. The maximum absolute atomic E-state index is 13.1. The summed E-state index contributed by atoms with van der Waals surface area (Å²) in [5, 5.41) is 4.93. The van der Waals surface area contributed by atoms with Crippen molar-refractivity contribution >= 4 is 20.2 Å². The molecule has 0 aliphatic carbocycles. The smallest absolute Gasteiger partial charge is 0.274 e. The molecule has 8 nitrogen and oxygen atoms in total. The number of sulfonamides is 1. The molecular formula is C20H32N4O4S2. The molecule has 0 spiro atoms. The molecule has 0 radical (unpaired) electrons. The van der Waals surface area contributed by atoms with Crippen molar-refractivity contribution in [1.82, 2.24) is 13.9 Å². The van der Waals surface area contributed by atoms with Crippen LogP contribution in [0.2, 0.25) is 0 Å². The number of nitrogens with two attached hydrogens (primary N) is 1. The minimum atomic E-state index is -3.80. The predicted octanol–water partition coefficient (Wildman–Crippen LogP) is 0.892. The number of nitrogens with zero attached hydrogens (tertiary/aromatic N) is 2. The summed E-state index contributed by atoms with van der Waals surface area (Å²) in [6, 6.07) is 6.77. The van der Waals surface area contributed by atoms with Gasteiger partial charge in [-0.25, -0.2) is 18.3 Å². The van der Waals surface area contributed by atoms with Crippen molar-refractivity contribution in [1.29, 1.82) is 0 Å². The molecule has 0 bridgehead atoms. The first-order chi connectivity index (χ1) is 14.2. The minimum absolute atomic E-state index is 0.0155. The number of aryl methyl sites for hydroxylation is 1. The van der Waals surface area contributed by atoms with Crippen LogP contribution in [0.4, 0.5) is 0 Å². The second-order valence-corrected chi connectivity index (χ2v) is 12.3. The number of rotatable bonds is 6. The van der Waals surface area contributed by atoms with E-state index in [-0.39, 0.29) is 30.8 Å². The quantitative estimate of drug-likeness (QED) is 0.618. The lowest BCUT2D eigenvalue weighted by Gasteiger charge is -2.52. The molecule has 10 heteroatoms. The molecule has 2 saturated heterocycles. The van der Waals surface area contributed by atoms with Gasteiger partial charge in [0.05, 0.1) is 5.75 Å². The van der Waals surface area contributed by atoms with Gasteiger partial charge in [-0.15, -0.1) is 0 Å². The maximum atomic E-state index is 13.1. The van der Waals surface area contributed by atoms with Crippen LogP contribution in [0.3, 0.4) is 0 Å². The van der Waals surface area contributed by atoms with Crippen LogP contribution >= 0.6 is 0 Å². The van der Waals surface area contributed by atoms with E-state index in [0.717, 1.165) is 38.8 Å². The Kier molecular flexibility index (Phi) is 6.26. The first kappa shape index (κ1) is 22.2. The van der Waals surface area contributed by atoms with Crippen LogP contribution in [0.1, 0.15) is 48.4 Å². The van der Waals surface area contributed by atoms with Crippen molar-refractivity contribution in [2.45, 2.75) is 51.1 Å². The zero-order valence-corrected chi connectivity index (χ0v) is 19.1. The van der Waals surface area contributed by atoms with Crippen LogP contribution in [-0.4, -0.2) is 64.0 Å². The van der Waals surface area contributed by atoms with Gasteiger partial charge in [-0.1, -0.05) is 18.2 Å². The first-order valence-electron chi connectivity index (χ1n) is 10.7. The zero-order valence-electron chi connectivity index (χ0n) is 17.5. The summed E-state index contributed by atoms with van der Waals surface area (Å²) in [6.45, 7) is 4.73. The SMILES string of the molecule is Cc1cccc2c1[C@@H]1C[C@H]3[C@H](CCCN3S(=O)(=O)CCCNS(N)(=O)=O)CN1CC2. The van der Waals surface area contributed by atoms with Gasteiger partial charge >= 0.3 is 0 Å². The van der Waals surface area contributed by atoms with Crippen LogP contribution in [0.25, 0.3) is 0 Å². The van der Waals surface area contributed by atoms with E-state index < -0.39 is 20.2 Å². The number of piperidine rings is 2. The van der Waals surface area contributed by atoms with E-state index >= 15 is 0 Å². The van der Waals surface area contributed by atoms with E-state index in [9.17, 15) is 16.8 Å². The summed E-state index contributed by atoms with van der Waals surface area (Å²) >= 11 is 0. The van der Waals surface area contributed by atoms with Crippen LogP contribution in [0.5, 0.6) is 0 Å². The molecule has 1 aromatic rings. The molecule has 0 saturated carbocycles. The molecule has 168 valence electrons. The van der Waals surface area contributed by atoms with Gasteiger partial charge in [-0.05, 0) is 61.6 Å². The predicted molar refractivity (Wildman–Crippen MR) is 117 cm³/mol. The van der Waals surface area contributed by atoms with Gasteiger partial charge < -0.3 is 0 Å². The van der Waals surface area contributed by atoms with Gasteiger partial charge in [0.25, 0.3) is 10.2 Å². The van der Waals surface area contributed by atoms with E-state index in [1.165, 1.54) is 16.7 Å². The Morgan fingerprint density at radius 3 is 2.77 bits per heavy atom. The Morgan fingerprint density at radius 1 is 1.20 bits per heavy atom. The van der Waals surface area contributed by atoms with Crippen LogP contribution in [-0.2, 0) is 26.7 Å². The van der Waals surface area contributed by atoms with Crippen LogP contribution in [0, 0.1) is 12.8 Å². The molecule has 0 unspecified atom stereocenters. The molecule has 3 N–H and O–H groups in total. The van der Waals surface area contributed by atoms with Gasteiger partial charge in [-0.2, -0.15) is 12.7 Å². The highest BCUT2D eigenvalue weighted by Gasteiger charge is 2.45. The van der Waals surface area contributed by atoms with Crippen molar-refractivity contribution in [2.24, 2.45) is 11.1 Å². The third kappa shape index (κ3) is 4.58. The average Bonchev–Trinajstić information content (AvgIpc) is 2.68. The third-order valence-electron chi connectivity index (χ3n) is 6.90. The van der Waals surface area contributed by atoms with Crippen molar-refractivity contribution in [3.8, 4) is 0 Å². The summed E-state index contributed by atoms with van der Waals surface area (Å²) in [7, 11) is -7.25. The van der Waals surface area contributed by atoms with E-state index in [1.807, 2.05) is 0 Å². The van der Waals surface area contributed by atoms with E-state index in [1.54, 1.807) is 4.31 Å². The highest BCUT2D eigenvalue weighted by Crippen LogP contribution is 2.44. The van der Waals surface area contributed by atoms with E-state index in [2.05, 4.69) is 34.7 Å². The molecule has 3 atom stereocenters. The number of hydrogen-bond donors (Lipinski definition) is 2.